The SMILES string of the molecule is CCC(=O)C1=C(O)C(=O)N(c2ccccc2O)C1c1cc(OC)c(OC)c(OC)c1. The summed E-state index contributed by atoms with van der Waals surface area (Å²) in [4.78, 5) is 26.9. The van der Waals surface area contributed by atoms with E-state index in [0.29, 0.717) is 22.8 Å². The second-order valence-electron chi connectivity index (χ2n) is 6.56. The van der Waals surface area contributed by atoms with Gasteiger partial charge in [0.1, 0.15) is 5.75 Å². The van der Waals surface area contributed by atoms with Gasteiger partial charge in [-0.25, -0.2) is 0 Å². The number of Topliss-reactive ketones (excluding diaryl/α,β-unsaturated/α-hetero) is 1. The summed E-state index contributed by atoms with van der Waals surface area (Å²) in [6, 6.07) is 8.43. The van der Waals surface area contributed by atoms with Crippen LogP contribution in [0.4, 0.5) is 5.69 Å². The number of nitrogens with zero attached hydrogens (tertiary/aromatic N) is 1. The van der Waals surface area contributed by atoms with Gasteiger partial charge in [0, 0.05) is 6.42 Å². The molecule has 0 bridgehead atoms. The fraction of sp³-hybridized carbons (Fsp3) is 0.273. The Bertz CT molecular complexity index is 1000. The fourth-order valence-electron chi connectivity index (χ4n) is 3.57. The molecule has 1 unspecified atom stereocenters. The Morgan fingerprint density at radius 2 is 1.63 bits per heavy atom. The Labute approximate surface area is 173 Å². The molecule has 0 aromatic heterocycles. The number of benzene rings is 2. The van der Waals surface area contributed by atoms with Crippen molar-refractivity contribution in [3.05, 3.63) is 53.3 Å². The van der Waals surface area contributed by atoms with Crippen LogP contribution in [0.1, 0.15) is 24.9 Å². The van der Waals surface area contributed by atoms with Gasteiger partial charge in [0.05, 0.1) is 38.6 Å². The third kappa shape index (κ3) is 3.30. The summed E-state index contributed by atoms with van der Waals surface area (Å²) in [6.07, 6.45) is 0.0855. The average molecular weight is 413 g/mol. The number of carbonyl (C=O) groups excluding carboxylic acids is 2. The summed E-state index contributed by atoms with van der Waals surface area (Å²) in [6.45, 7) is 1.64. The summed E-state index contributed by atoms with van der Waals surface area (Å²) >= 11 is 0. The molecule has 1 amide bonds. The van der Waals surface area contributed by atoms with Crippen molar-refractivity contribution < 1.29 is 34.0 Å². The Kier molecular flexibility index (Phi) is 5.86. The largest absolute Gasteiger partial charge is 0.506 e. The van der Waals surface area contributed by atoms with E-state index in [-0.39, 0.29) is 23.4 Å². The number of aliphatic hydroxyl groups excluding tert-OH is 1. The number of phenolic OH excluding ortho intramolecular Hbond substituents is 1. The molecule has 30 heavy (non-hydrogen) atoms. The first-order valence-electron chi connectivity index (χ1n) is 9.27. The molecule has 8 heteroatoms. The zero-order chi connectivity index (χ0) is 22.0. The Balaban J connectivity index is 2.29. The molecule has 0 radical (unpaired) electrons. The summed E-state index contributed by atoms with van der Waals surface area (Å²) < 4.78 is 16.1. The smallest absolute Gasteiger partial charge is 0.294 e. The number of ketones is 1. The van der Waals surface area contributed by atoms with Gasteiger partial charge >= 0.3 is 0 Å². The number of ether oxygens (including phenoxy) is 3. The molecule has 1 aliphatic heterocycles. The van der Waals surface area contributed by atoms with Crippen LogP contribution in [0.2, 0.25) is 0 Å². The molecule has 1 aliphatic rings. The molecule has 1 atom stereocenters. The van der Waals surface area contributed by atoms with Crippen molar-refractivity contribution in [2.24, 2.45) is 0 Å². The van der Waals surface area contributed by atoms with Crippen LogP contribution in [0.3, 0.4) is 0 Å². The normalized spacial score (nSPS) is 16.1. The van der Waals surface area contributed by atoms with Crippen LogP contribution in [-0.4, -0.2) is 43.2 Å². The summed E-state index contributed by atoms with van der Waals surface area (Å²) in [5.41, 5.74) is 0.550. The number of aliphatic hydroxyl groups is 1. The first-order valence-corrected chi connectivity index (χ1v) is 9.27. The number of hydrogen-bond donors (Lipinski definition) is 2. The summed E-state index contributed by atoms with van der Waals surface area (Å²) in [5.74, 6) is -0.995. The fourth-order valence-corrected chi connectivity index (χ4v) is 3.57. The highest BCUT2D eigenvalue weighted by Gasteiger charge is 2.45. The lowest BCUT2D eigenvalue weighted by atomic mass is 9.94. The lowest BCUT2D eigenvalue weighted by Gasteiger charge is -2.28. The number of methoxy groups -OCH3 is 3. The van der Waals surface area contributed by atoms with Gasteiger partial charge < -0.3 is 24.4 Å². The van der Waals surface area contributed by atoms with Crippen LogP contribution in [-0.2, 0) is 9.59 Å². The molecule has 0 aliphatic carbocycles. The van der Waals surface area contributed by atoms with Crippen LogP contribution in [0.5, 0.6) is 23.0 Å². The zero-order valence-corrected chi connectivity index (χ0v) is 17.1. The van der Waals surface area contributed by atoms with Gasteiger partial charge in [0.2, 0.25) is 5.75 Å². The molecule has 3 rings (SSSR count). The monoisotopic (exact) mass is 413 g/mol. The van der Waals surface area contributed by atoms with Crippen molar-refractivity contribution in [3.8, 4) is 23.0 Å². The predicted molar refractivity (Wildman–Crippen MR) is 109 cm³/mol. The molecule has 2 aromatic carbocycles. The number of para-hydroxylation sites is 2. The van der Waals surface area contributed by atoms with Crippen LogP contribution >= 0.6 is 0 Å². The quantitative estimate of drug-likeness (QED) is 0.717. The van der Waals surface area contributed by atoms with Crippen LogP contribution in [0, 0.1) is 0 Å². The van der Waals surface area contributed by atoms with Gasteiger partial charge in [-0.3, -0.25) is 14.5 Å². The Hall–Kier alpha value is -3.68. The van der Waals surface area contributed by atoms with E-state index in [4.69, 9.17) is 14.2 Å². The molecule has 1 heterocycles. The van der Waals surface area contributed by atoms with E-state index in [2.05, 4.69) is 0 Å². The summed E-state index contributed by atoms with van der Waals surface area (Å²) in [7, 11) is 4.37. The van der Waals surface area contributed by atoms with Crippen LogP contribution < -0.4 is 19.1 Å². The van der Waals surface area contributed by atoms with E-state index in [0.717, 1.165) is 0 Å². The molecule has 0 saturated carbocycles. The molecule has 2 aromatic rings. The van der Waals surface area contributed by atoms with Gasteiger partial charge in [0.25, 0.3) is 5.91 Å². The third-order valence-electron chi connectivity index (χ3n) is 4.97. The number of phenols is 1. The zero-order valence-electron chi connectivity index (χ0n) is 17.1. The van der Waals surface area contributed by atoms with Crippen LogP contribution in [0.25, 0.3) is 0 Å². The maximum atomic E-state index is 13.0. The van der Waals surface area contributed by atoms with Gasteiger partial charge in [-0.2, -0.15) is 0 Å². The number of anilines is 1. The van der Waals surface area contributed by atoms with Crippen molar-refractivity contribution in [3.63, 3.8) is 0 Å². The Morgan fingerprint density at radius 1 is 1.03 bits per heavy atom. The molecule has 8 nitrogen and oxygen atoms in total. The molecule has 0 saturated heterocycles. The van der Waals surface area contributed by atoms with E-state index in [9.17, 15) is 19.8 Å². The predicted octanol–water partition coefficient (Wildman–Crippen LogP) is 3.30. The standard InChI is InChI=1S/C22H23NO7/c1-5-14(24)18-19(12-10-16(28-2)21(30-4)17(11-12)29-3)23(22(27)20(18)26)13-8-6-7-9-15(13)25/h6-11,19,25-26H,5H2,1-4H3. The number of aromatic hydroxyl groups is 1. The number of hydrogen-bond acceptors (Lipinski definition) is 7. The second kappa shape index (κ2) is 8.36. The first-order chi connectivity index (χ1) is 14.4. The van der Waals surface area contributed by atoms with E-state index in [1.54, 1.807) is 31.2 Å². The number of rotatable bonds is 7. The molecular weight excluding hydrogens is 390 g/mol. The highest BCUT2D eigenvalue weighted by Crippen LogP contribution is 2.47. The number of amides is 1. The van der Waals surface area contributed by atoms with E-state index in [1.807, 2.05) is 0 Å². The summed E-state index contributed by atoms with van der Waals surface area (Å²) in [5, 5.41) is 20.9. The minimum Gasteiger partial charge on any atom is -0.506 e. The average Bonchev–Trinajstić information content (AvgIpc) is 3.03. The second-order valence-corrected chi connectivity index (χ2v) is 6.56. The van der Waals surface area contributed by atoms with Crippen molar-refractivity contribution in [2.75, 3.05) is 26.2 Å². The van der Waals surface area contributed by atoms with Crippen molar-refractivity contribution >= 4 is 17.4 Å². The molecule has 2 N–H and O–H groups in total. The van der Waals surface area contributed by atoms with E-state index < -0.39 is 23.5 Å². The topological polar surface area (TPSA) is 106 Å². The maximum absolute atomic E-state index is 13.0. The molecular formula is C22H23NO7. The van der Waals surface area contributed by atoms with Gasteiger partial charge in [-0.15, -0.1) is 0 Å². The van der Waals surface area contributed by atoms with E-state index in [1.165, 1.54) is 38.4 Å². The van der Waals surface area contributed by atoms with Gasteiger partial charge in [-0.05, 0) is 29.8 Å². The minimum atomic E-state index is -0.994. The third-order valence-corrected chi connectivity index (χ3v) is 4.97. The highest BCUT2D eigenvalue weighted by atomic mass is 16.5. The number of carbonyl (C=O) groups is 2. The maximum Gasteiger partial charge on any atom is 0.294 e. The molecule has 0 fully saturated rings. The Morgan fingerprint density at radius 3 is 2.13 bits per heavy atom. The van der Waals surface area contributed by atoms with Gasteiger partial charge in [-0.1, -0.05) is 19.1 Å². The molecule has 158 valence electrons. The lowest BCUT2D eigenvalue weighted by molar-refractivity contribution is -0.118. The van der Waals surface area contributed by atoms with Gasteiger partial charge in [0.15, 0.2) is 23.0 Å². The van der Waals surface area contributed by atoms with Crippen molar-refractivity contribution in [1.29, 1.82) is 0 Å². The lowest BCUT2D eigenvalue weighted by Crippen LogP contribution is -2.31. The van der Waals surface area contributed by atoms with Crippen molar-refractivity contribution in [1.82, 2.24) is 0 Å². The van der Waals surface area contributed by atoms with Crippen molar-refractivity contribution in [2.45, 2.75) is 19.4 Å². The van der Waals surface area contributed by atoms with E-state index >= 15 is 0 Å². The highest BCUT2D eigenvalue weighted by molar-refractivity contribution is 6.16. The van der Waals surface area contributed by atoms with Crippen LogP contribution in [0.15, 0.2) is 47.7 Å². The first kappa shape index (κ1) is 21.0. The molecule has 0 spiro atoms. The minimum absolute atomic E-state index is 0.0555.